The van der Waals surface area contributed by atoms with E-state index < -0.39 is 33.7 Å². The average molecular weight is 348 g/mol. The summed E-state index contributed by atoms with van der Waals surface area (Å²) >= 11 is 0. The third kappa shape index (κ3) is 2.89. The molecule has 1 aromatic rings. The highest BCUT2D eigenvalue weighted by Crippen LogP contribution is 2.44. The summed E-state index contributed by atoms with van der Waals surface area (Å²) in [4.78, 5) is 36.4. The molecule has 25 heavy (non-hydrogen) atoms. The Labute approximate surface area is 146 Å². The molecule has 7 nitrogen and oxygen atoms in total. The van der Waals surface area contributed by atoms with Crippen molar-refractivity contribution >= 4 is 18.0 Å². The largest absolute Gasteiger partial charge is 0.498 e. The lowest BCUT2D eigenvalue weighted by Gasteiger charge is -2.52. The second-order valence-corrected chi connectivity index (χ2v) is 7.75. The first-order valence-electron chi connectivity index (χ1n) is 8.15. The van der Waals surface area contributed by atoms with Crippen LogP contribution in [0, 0.1) is 0 Å². The highest BCUT2D eigenvalue weighted by molar-refractivity contribution is 5.94. The highest BCUT2D eigenvalue weighted by Gasteiger charge is 2.67. The molecule has 1 heterocycles. The van der Waals surface area contributed by atoms with Gasteiger partial charge < -0.3 is 20.3 Å². The monoisotopic (exact) mass is 348 g/mol. The molecule has 0 saturated carbocycles. The van der Waals surface area contributed by atoms with E-state index in [2.05, 4.69) is 5.32 Å². The van der Waals surface area contributed by atoms with E-state index in [4.69, 9.17) is 0 Å². The van der Waals surface area contributed by atoms with Gasteiger partial charge in [-0.05, 0) is 32.9 Å². The molecular formula is C18H24N2O5. The van der Waals surface area contributed by atoms with Crippen LogP contribution in [0.15, 0.2) is 30.3 Å². The Balaban J connectivity index is 2.38. The Morgan fingerprint density at radius 1 is 1.24 bits per heavy atom. The lowest BCUT2D eigenvalue weighted by atomic mass is 9.89. The number of rotatable bonds is 3. The minimum absolute atomic E-state index is 0.00611. The van der Waals surface area contributed by atoms with Crippen molar-refractivity contribution < 1.29 is 29.1 Å². The first-order valence-corrected chi connectivity index (χ1v) is 8.15. The molecule has 0 aliphatic carbocycles. The van der Waals surface area contributed by atoms with Gasteiger partial charge in [0.25, 0.3) is 12.0 Å². The number of aliphatic carboxylic acids is 1. The minimum Gasteiger partial charge on any atom is -0.498 e. The van der Waals surface area contributed by atoms with Gasteiger partial charge in [-0.25, -0.2) is 4.79 Å². The lowest BCUT2D eigenvalue weighted by Crippen LogP contribution is -2.76. The molecule has 0 bridgehead atoms. The highest BCUT2D eigenvalue weighted by atomic mass is 16.4. The second-order valence-electron chi connectivity index (χ2n) is 7.75. The van der Waals surface area contributed by atoms with E-state index in [9.17, 15) is 24.6 Å². The van der Waals surface area contributed by atoms with E-state index in [-0.39, 0.29) is 18.9 Å². The molecule has 0 aromatic heterocycles. The van der Waals surface area contributed by atoms with Crippen LogP contribution in [0.25, 0.3) is 0 Å². The van der Waals surface area contributed by atoms with Gasteiger partial charge in [0.1, 0.15) is 6.54 Å². The molecule has 1 unspecified atom stereocenters. The van der Waals surface area contributed by atoms with Gasteiger partial charge in [0.2, 0.25) is 5.54 Å². The zero-order chi connectivity index (χ0) is 19.0. The van der Waals surface area contributed by atoms with E-state index in [0.29, 0.717) is 5.56 Å². The second kappa shape index (κ2) is 6.15. The third-order valence-electron chi connectivity index (χ3n) is 5.27. The molecule has 2 rings (SSSR count). The van der Waals surface area contributed by atoms with Gasteiger partial charge in [0, 0.05) is 18.9 Å². The SMILES string of the molecule is CC(C)(C)[N+]1(C(=O)[O-])C[C@H](NC(=O)c2ccccc2)C[C@@]1(C)C(=O)O. The molecule has 1 aliphatic rings. The van der Waals surface area contributed by atoms with Crippen LogP contribution in [0.3, 0.4) is 0 Å². The first-order chi connectivity index (χ1) is 11.5. The number of nitrogens with zero attached hydrogens (tertiary/aromatic N) is 1. The molecular weight excluding hydrogens is 324 g/mol. The predicted molar refractivity (Wildman–Crippen MR) is 88.6 cm³/mol. The van der Waals surface area contributed by atoms with Crippen molar-refractivity contribution in [3.05, 3.63) is 35.9 Å². The first kappa shape index (κ1) is 18.9. The molecule has 1 aliphatic heterocycles. The number of hydrogen-bond acceptors (Lipinski definition) is 4. The fraction of sp³-hybridized carbons (Fsp3) is 0.500. The number of hydrogen-bond donors (Lipinski definition) is 2. The number of carbonyl (C=O) groups is 3. The molecule has 136 valence electrons. The smallest absolute Gasteiger partial charge is 0.366 e. The Hall–Kier alpha value is -2.41. The van der Waals surface area contributed by atoms with Crippen molar-refractivity contribution in [1.82, 2.24) is 5.32 Å². The number of carboxylic acids is 1. The maximum atomic E-state index is 12.4. The normalized spacial score (nSPS) is 29.2. The maximum absolute atomic E-state index is 12.4. The van der Waals surface area contributed by atoms with E-state index in [1.807, 2.05) is 0 Å². The minimum atomic E-state index is -1.61. The van der Waals surface area contributed by atoms with Crippen LogP contribution in [0.2, 0.25) is 0 Å². The van der Waals surface area contributed by atoms with Gasteiger partial charge in [0.05, 0.1) is 11.6 Å². The van der Waals surface area contributed by atoms with Gasteiger partial charge in [-0.1, -0.05) is 18.2 Å². The summed E-state index contributed by atoms with van der Waals surface area (Å²) in [5.41, 5.74) is -2.09. The summed E-state index contributed by atoms with van der Waals surface area (Å²) in [7, 11) is 0. The van der Waals surface area contributed by atoms with Crippen molar-refractivity contribution in [2.75, 3.05) is 6.54 Å². The Morgan fingerprint density at radius 3 is 2.20 bits per heavy atom. The van der Waals surface area contributed by atoms with E-state index in [1.165, 1.54) is 6.92 Å². The standard InChI is InChI=1S/C18H24N2O5/c1-17(2,3)20(16(24)25)11-13(10-18(20,4)15(22)23)19-14(21)12-8-6-5-7-9-12/h5-9,13H,10-11H2,1-4H3,(H2-,19,21,22,23,24,25)/t13-,18+,20?/m1/s1. The van der Waals surface area contributed by atoms with Gasteiger partial charge in [-0.3, -0.25) is 9.28 Å². The number of amides is 2. The van der Waals surface area contributed by atoms with Crippen LogP contribution in [0.5, 0.6) is 0 Å². The summed E-state index contributed by atoms with van der Waals surface area (Å²) in [5.74, 6) is -1.58. The van der Waals surface area contributed by atoms with Crippen LogP contribution in [-0.4, -0.2) is 51.2 Å². The molecule has 3 atom stereocenters. The lowest BCUT2D eigenvalue weighted by molar-refractivity contribution is -0.943. The number of likely N-dealkylation sites (tertiary alicyclic amines) is 1. The number of carboxylic acid groups (broad SMARTS) is 2. The fourth-order valence-electron chi connectivity index (χ4n) is 4.00. The van der Waals surface area contributed by atoms with E-state index in [1.54, 1.807) is 51.1 Å². The van der Waals surface area contributed by atoms with E-state index in [0.717, 1.165) is 0 Å². The molecule has 1 aromatic carbocycles. The summed E-state index contributed by atoms with van der Waals surface area (Å²) in [6.07, 6.45) is -1.44. The zero-order valence-corrected chi connectivity index (χ0v) is 14.9. The summed E-state index contributed by atoms with van der Waals surface area (Å²) in [6, 6.07) is 7.93. The van der Waals surface area contributed by atoms with Crippen LogP contribution >= 0.6 is 0 Å². The zero-order valence-electron chi connectivity index (χ0n) is 14.9. The average Bonchev–Trinajstić information content (AvgIpc) is 2.83. The molecule has 2 N–H and O–H groups in total. The third-order valence-corrected chi connectivity index (χ3v) is 5.27. The summed E-state index contributed by atoms with van der Waals surface area (Å²) < 4.78 is -0.755. The molecule has 1 saturated heterocycles. The van der Waals surface area contributed by atoms with Crippen LogP contribution in [-0.2, 0) is 4.79 Å². The van der Waals surface area contributed by atoms with Crippen molar-refractivity contribution in [3.8, 4) is 0 Å². The van der Waals surface area contributed by atoms with Crippen LogP contribution in [0.4, 0.5) is 4.79 Å². The number of carbonyl (C=O) groups excluding carboxylic acids is 2. The van der Waals surface area contributed by atoms with Crippen molar-refractivity contribution in [2.45, 2.75) is 51.2 Å². The van der Waals surface area contributed by atoms with Crippen molar-refractivity contribution in [3.63, 3.8) is 0 Å². The molecule has 0 radical (unpaired) electrons. The van der Waals surface area contributed by atoms with Gasteiger partial charge in [0.15, 0.2) is 0 Å². The van der Waals surface area contributed by atoms with E-state index >= 15 is 0 Å². The molecule has 1 fully saturated rings. The fourth-order valence-corrected chi connectivity index (χ4v) is 4.00. The van der Waals surface area contributed by atoms with Gasteiger partial charge >= 0.3 is 5.97 Å². The summed E-state index contributed by atoms with van der Waals surface area (Å²) in [5, 5.41) is 24.6. The molecule has 7 heteroatoms. The maximum Gasteiger partial charge on any atom is 0.366 e. The number of quaternary nitrogens is 1. The number of benzene rings is 1. The quantitative estimate of drug-likeness (QED) is 0.792. The van der Waals surface area contributed by atoms with Gasteiger partial charge in [-0.2, -0.15) is 0 Å². The molecule has 0 spiro atoms. The van der Waals surface area contributed by atoms with Crippen molar-refractivity contribution in [1.29, 1.82) is 0 Å². The Bertz CT molecular complexity index is 697. The topological polar surface area (TPSA) is 107 Å². The summed E-state index contributed by atoms with van der Waals surface area (Å²) in [6.45, 7) is 6.38. The van der Waals surface area contributed by atoms with Crippen LogP contribution in [0.1, 0.15) is 44.5 Å². The Kier molecular flexibility index (Phi) is 4.65. The van der Waals surface area contributed by atoms with Crippen molar-refractivity contribution in [2.24, 2.45) is 0 Å². The van der Waals surface area contributed by atoms with Crippen LogP contribution < -0.4 is 10.4 Å². The van der Waals surface area contributed by atoms with Gasteiger partial charge in [-0.15, -0.1) is 0 Å². The molecule has 2 amide bonds. The predicted octanol–water partition coefficient (Wildman–Crippen LogP) is 0.991. The number of nitrogens with one attached hydrogen (secondary N) is 1. The Morgan fingerprint density at radius 2 is 1.80 bits per heavy atom.